The van der Waals surface area contributed by atoms with Crippen molar-refractivity contribution >= 4 is 29.0 Å². The normalized spacial score (nSPS) is 10.1. The van der Waals surface area contributed by atoms with E-state index in [1.54, 1.807) is 39.4 Å². The van der Waals surface area contributed by atoms with Crippen molar-refractivity contribution in [2.45, 2.75) is 0 Å². The summed E-state index contributed by atoms with van der Waals surface area (Å²) in [6, 6.07) is 8.85. The van der Waals surface area contributed by atoms with Crippen LogP contribution in [0.3, 0.4) is 0 Å². The molecule has 0 bridgehead atoms. The zero-order valence-electron chi connectivity index (χ0n) is 12.1. The molecule has 2 rings (SSSR count). The number of carbonyl (C=O) groups excluding carboxylic acids is 1. The summed E-state index contributed by atoms with van der Waals surface area (Å²) in [6.07, 6.45) is 1.46. The van der Waals surface area contributed by atoms with Gasteiger partial charge in [0.05, 0.1) is 17.7 Å². The van der Waals surface area contributed by atoms with Gasteiger partial charge in [0.25, 0.3) is 5.91 Å². The van der Waals surface area contributed by atoms with E-state index >= 15 is 0 Å². The molecule has 110 valence electrons. The molecule has 6 heteroatoms. The van der Waals surface area contributed by atoms with Gasteiger partial charge < -0.3 is 15.0 Å². The van der Waals surface area contributed by atoms with E-state index in [4.69, 9.17) is 16.3 Å². The highest BCUT2D eigenvalue weighted by Crippen LogP contribution is 2.23. The van der Waals surface area contributed by atoms with E-state index in [9.17, 15) is 4.79 Å². The lowest BCUT2D eigenvalue weighted by Gasteiger charge is -2.18. The van der Waals surface area contributed by atoms with E-state index in [1.807, 2.05) is 12.1 Å². The highest BCUT2D eigenvalue weighted by molar-refractivity contribution is 6.34. The van der Waals surface area contributed by atoms with Gasteiger partial charge in [-0.3, -0.25) is 4.79 Å². The monoisotopic (exact) mass is 305 g/mol. The lowest BCUT2D eigenvalue weighted by molar-refractivity contribution is 0.0993. The SMILES string of the molecule is CNc1cc(C(=O)N(C)c2ccc(OC)cc2)c(Cl)cn1. The summed E-state index contributed by atoms with van der Waals surface area (Å²) in [6.45, 7) is 0. The van der Waals surface area contributed by atoms with Gasteiger partial charge in [0.15, 0.2) is 0 Å². The van der Waals surface area contributed by atoms with Gasteiger partial charge >= 0.3 is 0 Å². The molecule has 0 aliphatic carbocycles. The lowest BCUT2D eigenvalue weighted by atomic mass is 10.2. The Bertz CT molecular complexity index is 644. The van der Waals surface area contributed by atoms with Crippen molar-refractivity contribution < 1.29 is 9.53 Å². The van der Waals surface area contributed by atoms with Crippen molar-refractivity contribution in [1.29, 1.82) is 0 Å². The third-order valence-electron chi connectivity index (χ3n) is 3.11. The van der Waals surface area contributed by atoms with E-state index in [0.717, 1.165) is 11.4 Å². The number of anilines is 2. The van der Waals surface area contributed by atoms with E-state index in [2.05, 4.69) is 10.3 Å². The van der Waals surface area contributed by atoms with Crippen LogP contribution in [-0.2, 0) is 0 Å². The smallest absolute Gasteiger partial charge is 0.259 e. The minimum absolute atomic E-state index is 0.205. The fourth-order valence-corrected chi connectivity index (χ4v) is 2.03. The average molecular weight is 306 g/mol. The zero-order chi connectivity index (χ0) is 15.4. The van der Waals surface area contributed by atoms with Crippen LogP contribution in [0, 0.1) is 0 Å². The van der Waals surface area contributed by atoms with Crippen molar-refractivity contribution in [2.24, 2.45) is 0 Å². The molecule has 1 amide bonds. The Kier molecular flexibility index (Phi) is 4.65. The molecule has 0 unspecified atom stereocenters. The number of methoxy groups -OCH3 is 1. The summed E-state index contributed by atoms with van der Waals surface area (Å²) in [7, 11) is 5.03. The molecule has 1 aromatic carbocycles. The fraction of sp³-hybridized carbons (Fsp3) is 0.200. The molecule has 0 aliphatic heterocycles. The maximum absolute atomic E-state index is 12.5. The van der Waals surface area contributed by atoms with Gasteiger partial charge in [-0.25, -0.2) is 4.98 Å². The Morgan fingerprint density at radius 2 is 2.00 bits per heavy atom. The van der Waals surface area contributed by atoms with Crippen LogP contribution in [0.15, 0.2) is 36.5 Å². The number of rotatable bonds is 4. The molecule has 21 heavy (non-hydrogen) atoms. The van der Waals surface area contributed by atoms with Gasteiger partial charge in [-0.1, -0.05) is 11.6 Å². The number of hydrogen-bond acceptors (Lipinski definition) is 4. The van der Waals surface area contributed by atoms with Gasteiger partial charge in [-0.05, 0) is 30.3 Å². The Morgan fingerprint density at radius 3 is 2.57 bits per heavy atom. The lowest BCUT2D eigenvalue weighted by Crippen LogP contribution is -2.26. The standard InChI is InChI=1S/C15H16ClN3O2/c1-17-14-8-12(13(16)9-18-14)15(20)19(2)10-4-6-11(21-3)7-5-10/h4-9H,1-3H3,(H,17,18). The molecule has 1 heterocycles. The molecule has 0 aliphatic rings. The maximum Gasteiger partial charge on any atom is 0.259 e. The summed E-state index contributed by atoms with van der Waals surface area (Å²) < 4.78 is 5.10. The minimum atomic E-state index is -0.205. The molecule has 1 aromatic heterocycles. The molecule has 0 atom stereocenters. The van der Waals surface area contributed by atoms with Gasteiger partial charge in [0, 0.05) is 26.0 Å². The van der Waals surface area contributed by atoms with Crippen LogP contribution in [-0.4, -0.2) is 32.1 Å². The third-order valence-corrected chi connectivity index (χ3v) is 3.41. The van der Waals surface area contributed by atoms with Crippen LogP contribution in [0.4, 0.5) is 11.5 Å². The average Bonchev–Trinajstić information content (AvgIpc) is 2.54. The minimum Gasteiger partial charge on any atom is -0.497 e. The van der Waals surface area contributed by atoms with Gasteiger partial charge in [0.1, 0.15) is 11.6 Å². The number of nitrogens with one attached hydrogen (secondary N) is 1. The predicted molar refractivity (Wildman–Crippen MR) is 84.5 cm³/mol. The van der Waals surface area contributed by atoms with Crippen molar-refractivity contribution in [2.75, 3.05) is 31.4 Å². The topological polar surface area (TPSA) is 54.5 Å². The first-order chi connectivity index (χ1) is 10.1. The number of amides is 1. The summed E-state index contributed by atoms with van der Waals surface area (Å²) >= 11 is 6.07. The number of hydrogen-bond donors (Lipinski definition) is 1. The van der Waals surface area contributed by atoms with Crippen molar-refractivity contribution in [3.05, 3.63) is 47.1 Å². The van der Waals surface area contributed by atoms with Crippen LogP contribution in [0.25, 0.3) is 0 Å². The first kappa shape index (κ1) is 15.1. The summed E-state index contributed by atoms with van der Waals surface area (Å²) in [5.74, 6) is 1.12. The molecular formula is C15H16ClN3O2. The summed E-state index contributed by atoms with van der Waals surface area (Å²) in [5, 5.41) is 3.21. The van der Waals surface area contributed by atoms with Gasteiger partial charge in [-0.2, -0.15) is 0 Å². The number of ether oxygens (including phenoxy) is 1. The fourth-order valence-electron chi connectivity index (χ4n) is 1.84. The van der Waals surface area contributed by atoms with Crippen molar-refractivity contribution in [1.82, 2.24) is 4.98 Å². The van der Waals surface area contributed by atoms with E-state index in [0.29, 0.717) is 16.4 Å². The van der Waals surface area contributed by atoms with Crippen molar-refractivity contribution in [3.8, 4) is 5.75 Å². The Morgan fingerprint density at radius 1 is 1.33 bits per heavy atom. The summed E-state index contributed by atoms with van der Waals surface area (Å²) in [4.78, 5) is 18.1. The highest BCUT2D eigenvalue weighted by atomic mass is 35.5. The van der Waals surface area contributed by atoms with Crippen LogP contribution in [0.1, 0.15) is 10.4 Å². The molecule has 0 spiro atoms. The van der Waals surface area contributed by atoms with Crippen molar-refractivity contribution in [3.63, 3.8) is 0 Å². The van der Waals surface area contributed by atoms with E-state index in [-0.39, 0.29) is 5.91 Å². The molecule has 0 fully saturated rings. The second-order valence-electron chi connectivity index (χ2n) is 4.36. The number of carbonyl (C=O) groups is 1. The highest BCUT2D eigenvalue weighted by Gasteiger charge is 2.17. The van der Waals surface area contributed by atoms with Gasteiger partial charge in [0.2, 0.25) is 0 Å². The van der Waals surface area contributed by atoms with Crippen LogP contribution in [0.2, 0.25) is 5.02 Å². The number of aromatic nitrogens is 1. The van der Waals surface area contributed by atoms with Crippen LogP contribution in [0.5, 0.6) is 5.75 Å². The van der Waals surface area contributed by atoms with Gasteiger partial charge in [-0.15, -0.1) is 0 Å². The number of nitrogens with zero attached hydrogens (tertiary/aromatic N) is 2. The second-order valence-corrected chi connectivity index (χ2v) is 4.77. The molecule has 0 radical (unpaired) electrons. The molecule has 0 saturated heterocycles. The molecule has 2 aromatic rings. The summed E-state index contributed by atoms with van der Waals surface area (Å²) in [5.41, 5.74) is 1.15. The van der Waals surface area contributed by atoms with E-state index in [1.165, 1.54) is 11.1 Å². The second kappa shape index (κ2) is 6.45. The molecular weight excluding hydrogens is 290 g/mol. The first-order valence-electron chi connectivity index (χ1n) is 6.32. The third kappa shape index (κ3) is 3.25. The van der Waals surface area contributed by atoms with E-state index < -0.39 is 0 Å². The number of halogens is 1. The number of pyridine rings is 1. The molecule has 1 N–H and O–H groups in total. The predicted octanol–water partition coefficient (Wildman–Crippen LogP) is 3.06. The first-order valence-corrected chi connectivity index (χ1v) is 6.70. The Balaban J connectivity index is 2.29. The Hall–Kier alpha value is -2.27. The molecule has 5 nitrogen and oxygen atoms in total. The van der Waals surface area contributed by atoms with Crippen LogP contribution >= 0.6 is 11.6 Å². The Labute approximate surface area is 128 Å². The van der Waals surface area contributed by atoms with Crippen LogP contribution < -0.4 is 15.0 Å². The molecule has 0 saturated carbocycles. The largest absolute Gasteiger partial charge is 0.497 e. The maximum atomic E-state index is 12.5. The zero-order valence-corrected chi connectivity index (χ0v) is 12.8. The quantitative estimate of drug-likeness (QED) is 0.943. The number of benzene rings is 1.